The fourth-order valence-electron chi connectivity index (χ4n) is 2.45. The van der Waals surface area contributed by atoms with E-state index < -0.39 is 30.2 Å². The van der Waals surface area contributed by atoms with Crippen molar-refractivity contribution in [2.24, 2.45) is 0 Å². The van der Waals surface area contributed by atoms with Crippen LogP contribution in [0.3, 0.4) is 0 Å². The van der Waals surface area contributed by atoms with Gasteiger partial charge in [-0.2, -0.15) is 13.2 Å². The zero-order valence-electron chi connectivity index (χ0n) is 11.2. The van der Waals surface area contributed by atoms with Gasteiger partial charge in [0, 0.05) is 37.8 Å². The molecule has 0 aliphatic carbocycles. The van der Waals surface area contributed by atoms with Crippen LogP contribution < -0.4 is 5.32 Å². The van der Waals surface area contributed by atoms with Crippen LogP contribution in [0.4, 0.5) is 17.6 Å². The largest absolute Gasteiger partial charge is 0.505 e. The minimum absolute atomic E-state index is 0. The van der Waals surface area contributed by atoms with Gasteiger partial charge in [-0.1, -0.05) is 12.1 Å². The zero-order valence-corrected chi connectivity index (χ0v) is 12.0. The number of hydrogen-bond donors (Lipinski definition) is 2. The third kappa shape index (κ3) is 4.72. The number of para-hydroxylation sites is 1. The number of piperazine rings is 1. The Morgan fingerprint density at radius 3 is 2.43 bits per heavy atom. The van der Waals surface area contributed by atoms with E-state index >= 15 is 0 Å². The first-order valence-corrected chi connectivity index (χ1v) is 6.37. The molecule has 1 atom stereocenters. The van der Waals surface area contributed by atoms with Crippen molar-refractivity contribution in [2.75, 3.05) is 26.2 Å². The van der Waals surface area contributed by atoms with Gasteiger partial charge < -0.3 is 10.4 Å². The van der Waals surface area contributed by atoms with Crippen molar-refractivity contribution in [3.8, 4) is 5.75 Å². The highest BCUT2D eigenvalue weighted by Gasteiger charge is 2.37. The number of rotatable bonds is 3. The highest BCUT2D eigenvalue weighted by atomic mass is 35.5. The number of nitrogens with one attached hydrogen (secondary N) is 1. The Morgan fingerprint density at radius 1 is 1.24 bits per heavy atom. The van der Waals surface area contributed by atoms with Crippen molar-refractivity contribution in [3.63, 3.8) is 0 Å². The Morgan fingerprint density at radius 2 is 1.86 bits per heavy atom. The average molecular weight is 329 g/mol. The summed E-state index contributed by atoms with van der Waals surface area (Å²) >= 11 is 0. The van der Waals surface area contributed by atoms with Gasteiger partial charge in [-0.25, -0.2) is 4.39 Å². The molecule has 1 heterocycles. The number of halogens is 5. The maximum Gasteiger partial charge on any atom is 0.390 e. The van der Waals surface area contributed by atoms with Gasteiger partial charge in [-0.05, 0) is 6.07 Å². The maximum absolute atomic E-state index is 13.4. The smallest absolute Gasteiger partial charge is 0.390 e. The highest BCUT2D eigenvalue weighted by molar-refractivity contribution is 5.85. The van der Waals surface area contributed by atoms with E-state index in [0.717, 1.165) is 6.07 Å². The summed E-state index contributed by atoms with van der Waals surface area (Å²) < 4.78 is 51.7. The van der Waals surface area contributed by atoms with E-state index in [1.165, 1.54) is 12.1 Å². The highest BCUT2D eigenvalue weighted by Crippen LogP contribution is 2.38. The SMILES string of the molecule is Cl.Oc1c(F)cccc1[C@H](CC(F)(F)F)N1CCNCC1. The van der Waals surface area contributed by atoms with Crippen LogP contribution in [0.5, 0.6) is 5.75 Å². The Bertz CT molecular complexity index is 464. The summed E-state index contributed by atoms with van der Waals surface area (Å²) in [6, 6.07) is 2.63. The molecule has 21 heavy (non-hydrogen) atoms. The number of phenols is 1. The normalized spacial score (nSPS) is 18.1. The van der Waals surface area contributed by atoms with Crippen LogP contribution in [-0.2, 0) is 0 Å². The molecule has 1 aromatic rings. The minimum atomic E-state index is -4.38. The summed E-state index contributed by atoms with van der Waals surface area (Å²) in [5, 5.41) is 12.8. The fraction of sp³-hybridized carbons (Fsp3) is 0.538. The summed E-state index contributed by atoms with van der Waals surface area (Å²) in [6.07, 6.45) is -5.49. The maximum atomic E-state index is 13.4. The lowest BCUT2D eigenvalue weighted by Crippen LogP contribution is -2.46. The van der Waals surface area contributed by atoms with Crippen molar-refractivity contribution in [1.82, 2.24) is 10.2 Å². The summed E-state index contributed by atoms with van der Waals surface area (Å²) in [5.41, 5.74) is -0.00998. The lowest BCUT2D eigenvalue weighted by atomic mass is 9.99. The van der Waals surface area contributed by atoms with Gasteiger partial charge in [0.25, 0.3) is 0 Å². The molecular formula is C13H17ClF4N2O. The number of aromatic hydroxyl groups is 1. The molecular weight excluding hydrogens is 312 g/mol. The first kappa shape index (κ1) is 18.0. The Balaban J connectivity index is 0.00000220. The van der Waals surface area contributed by atoms with Crippen LogP contribution in [0.25, 0.3) is 0 Å². The lowest BCUT2D eigenvalue weighted by molar-refractivity contribution is -0.148. The molecule has 0 amide bonds. The predicted molar refractivity (Wildman–Crippen MR) is 73.2 cm³/mol. The van der Waals surface area contributed by atoms with E-state index in [1.54, 1.807) is 4.90 Å². The molecule has 1 aliphatic rings. The number of alkyl halides is 3. The molecule has 0 saturated carbocycles. The van der Waals surface area contributed by atoms with Crippen LogP contribution in [0.2, 0.25) is 0 Å². The van der Waals surface area contributed by atoms with Crippen LogP contribution in [-0.4, -0.2) is 42.4 Å². The molecule has 8 heteroatoms. The summed E-state index contributed by atoms with van der Waals surface area (Å²) in [5.74, 6) is -1.59. The van der Waals surface area contributed by atoms with Crippen molar-refractivity contribution in [1.29, 1.82) is 0 Å². The van der Waals surface area contributed by atoms with Gasteiger partial charge in [-0.15, -0.1) is 12.4 Å². The third-order valence-electron chi connectivity index (χ3n) is 3.39. The van der Waals surface area contributed by atoms with Gasteiger partial charge in [0.05, 0.1) is 6.42 Å². The molecule has 120 valence electrons. The van der Waals surface area contributed by atoms with Gasteiger partial charge in [0.2, 0.25) is 0 Å². The molecule has 0 spiro atoms. The number of hydrogen-bond acceptors (Lipinski definition) is 3. The molecule has 1 fully saturated rings. The van der Waals surface area contributed by atoms with Crippen molar-refractivity contribution >= 4 is 12.4 Å². The van der Waals surface area contributed by atoms with Crippen LogP contribution in [0.1, 0.15) is 18.0 Å². The second-order valence-electron chi connectivity index (χ2n) is 4.80. The van der Waals surface area contributed by atoms with E-state index in [2.05, 4.69) is 5.32 Å². The second kappa shape index (κ2) is 7.29. The van der Waals surface area contributed by atoms with Gasteiger partial charge in [0.15, 0.2) is 11.6 Å². The van der Waals surface area contributed by atoms with Crippen LogP contribution in [0, 0.1) is 5.82 Å². The molecule has 2 rings (SSSR count). The molecule has 3 nitrogen and oxygen atoms in total. The Labute approximate surface area is 126 Å². The van der Waals surface area contributed by atoms with E-state index in [1.807, 2.05) is 0 Å². The topological polar surface area (TPSA) is 35.5 Å². The first-order valence-electron chi connectivity index (χ1n) is 6.37. The van der Waals surface area contributed by atoms with Crippen molar-refractivity contribution in [3.05, 3.63) is 29.6 Å². The molecule has 0 aromatic heterocycles. The summed E-state index contributed by atoms with van der Waals surface area (Å²) in [4.78, 5) is 1.62. The molecule has 1 aromatic carbocycles. The summed E-state index contributed by atoms with van der Waals surface area (Å²) in [6.45, 7) is 2.00. The van der Waals surface area contributed by atoms with E-state index in [4.69, 9.17) is 0 Å². The summed E-state index contributed by atoms with van der Waals surface area (Å²) in [7, 11) is 0. The monoisotopic (exact) mass is 328 g/mol. The molecule has 1 saturated heterocycles. The van der Waals surface area contributed by atoms with Crippen molar-refractivity contribution < 1.29 is 22.7 Å². The number of phenolic OH excluding ortho intramolecular Hbond substituents is 1. The first-order chi connectivity index (χ1) is 9.38. The Kier molecular flexibility index (Phi) is 6.24. The standard InChI is InChI=1S/C13H16F4N2O.ClH/c14-10-3-1-2-9(12(10)20)11(8-13(15,16)17)19-6-4-18-5-7-19;/h1-3,11,18,20H,4-8H2;1H/t11-;/m0./s1. The second-order valence-corrected chi connectivity index (χ2v) is 4.80. The van der Waals surface area contributed by atoms with Gasteiger partial charge in [-0.3, -0.25) is 4.90 Å². The third-order valence-corrected chi connectivity index (χ3v) is 3.39. The van der Waals surface area contributed by atoms with Gasteiger partial charge >= 0.3 is 6.18 Å². The van der Waals surface area contributed by atoms with E-state index in [0.29, 0.717) is 26.2 Å². The van der Waals surface area contributed by atoms with Crippen molar-refractivity contribution in [2.45, 2.75) is 18.6 Å². The fourth-order valence-corrected chi connectivity index (χ4v) is 2.45. The van der Waals surface area contributed by atoms with E-state index in [-0.39, 0.29) is 18.0 Å². The quantitative estimate of drug-likeness (QED) is 0.838. The average Bonchev–Trinajstić information content (AvgIpc) is 2.40. The number of benzene rings is 1. The molecule has 0 radical (unpaired) electrons. The minimum Gasteiger partial charge on any atom is -0.505 e. The molecule has 0 unspecified atom stereocenters. The molecule has 0 bridgehead atoms. The molecule has 1 aliphatic heterocycles. The van der Waals surface area contributed by atoms with Crippen LogP contribution in [0.15, 0.2) is 18.2 Å². The van der Waals surface area contributed by atoms with Crippen LogP contribution >= 0.6 is 12.4 Å². The Hall–Kier alpha value is -1.05. The van der Waals surface area contributed by atoms with E-state index in [9.17, 15) is 22.7 Å². The zero-order chi connectivity index (χ0) is 14.8. The number of nitrogens with zero attached hydrogens (tertiary/aromatic N) is 1. The van der Waals surface area contributed by atoms with Gasteiger partial charge in [0.1, 0.15) is 0 Å². The predicted octanol–water partition coefficient (Wildman–Crippen LogP) is 2.85. The molecule has 2 N–H and O–H groups in total. The lowest BCUT2D eigenvalue weighted by Gasteiger charge is -2.35.